The molecule has 2 aromatic carbocycles. The van der Waals surface area contributed by atoms with Gasteiger partial charge in [-0.25, -0.2) is 4.79 Å². The van der Waals surface area contributed by atoms with Crippen LogP contribution in [0.5, 0.6) is 11.5 Å². The SMILES string of the molecule is Cc1c(C(=O)OCc2ccccc2)ccc2c1O[C@@H](CO)CO2. The van der Waals surface area contributed by atoms with E-state index in [9.17, 15) is 9.90 Å². The van der Waals surface area contributed by atoms with E-state index in [0.717, 1.165) is 5.56 Å². The molecule has 0 spiro atoms. The minimum atomic E-state index is -0.420. The first kappa shape index (κ1) is 15.4. The molecule has 0 aromatic heterocycles. The molecule has 1 heterocycles. The maximum atomic E-state index is 12.3. The molecule has 3 rings (SSSR count). The molecule has 0 radical (unpaired) electrons. The zero-order valence-corrected chi connectivity index (χ0v) is 12.8. The van der Waals surface area contributed by atoms with E-state index in [2.05, 4.69) is 0 Å². The molecule has 0 amide bonds. The molecule has 0 saturated heterocycles. The first-order valence-corrected chi connectivity index (χ1v) is 7.44. The first-order chi connectivity index (χ1) is 11.2. The van der Waals surface area contributed by atoms with Crippen LogP contribution in [0.25, 0.3) is 0 Å². The number of aliphatic hydroxyl groups is 1. The minimum absolute atomic E-state index is 0.137. The zero-order valence-electron chi connectivity index (χ0n) is 12.8. The van der Waals surface area contributed by atoms with Crippen molar-refractivity contribution < 1.29 is 24.1 Å². The van der Waals surface area contributed by atoms with Gasteiger partial charge >= 0.3 is 5.97 Å². The lowest BCUT2D eigenvalue weighted by molar-refractivity contribution is 0.0426. The molecule has 0 aliphatic carbocycles. The maximum absolute atomic E-state index is 12.3. The Morgan fingerprint density at radius 2 is 2.04 bits per heavy atom. The largest absolute Gasteiger partial charge is 0.486 e. The fraction of sp³-hybridized carbons (Fsp3) is 0.278. The third-order valence-corrected chi connectivity index (χ3v) is 3.72. The number of ether oxygens (including phenoxy) is 3. The topological polar surface area (TPSA) is 65.0 Å². The van der Waals surface area contributed by atoms with Crippen molar-refractivity contribution in [3.8, 4) is 11.5 Å². The molecule has 2 aromatic rings. The molecule has 0 bridgehead atoms. The van der Waals surface area contributed by atoms with Crippen molar-refractivity contribution in [2.45, 2.75) is 19.6 Å². The van der Waals surface area contributed by atoms with Gasteiger partial charge in [0.15, 0.2) is 17.6 Å². The summed E-state index contributed by atoms with van der Waals surface area (Å²) in [5.41, 5.74) is 2.01. The van der Waals surface area contributed by atoms with Crippen LogP contribution in [-0.2, 0) is 11.3 Å². The maximum Gasteiger partial charge on any atom is 0.338 e. The fourth-order valence-electron chi connectivity index (χ4n) is 2.42. The lowest BCUT2D eigenvalue weighted by Crippen LogP contribution is -2.32. The summed E-state index contributed by atoms with van der Waals surface area (Å²) in [6.45, 7) is 2.15. The summed E-state index contributed by atoms with van der Waals surface area (Å²) in [4.78, 5) is 12.3. The van der Waals surface area contributed by atoms with Gasteiger partial charge in [-0.2, -0.15) is 0 Å². The van der Waals surface area contributed by atoms with Gasteiger partial charge in [0.05, 0.1) is 12.2 Å². The standard InChI is InChI=1S/C18H18O5/c1-12-15(18(20)22-10-13-5-3-2-4-6-13)7-8-16-17(12)23-14(9-19)11-21-16/h2-8,14,19H,9-11H2,1H3/t14-/m0/s1. The summed E-state index contributed by atoms with van der Waals surface area (Å²) in [5, 5.41) is 9.20. The lowest BCUT2D eigenvalue weighted by atomic mass is 10.1. The highest BCUT2D eigenvalue weighted by molar-refractivity contribution is 5.92. The summed E-state index contributed by atoms with van der Waals surface area (Å²) >= 11 is 0. The Kier molecular flexibility index (Phi) is 4.48. The molecular weight excluding hydrogens is 296 g/mol. The molecule has 1 aliphatic heterocycles. The van der Waals surface area contributed by atoms with E-state index in [1.54, 1.807) is 19.1 Å². The number of rotatable bonds is 4. The average Bonchev–Trinajstić information content (AvgIpc) is 2.60. The Morgan fingerprint density at radius 3 is 2.78 bits per heavy atom. The minimum Gasteiger partial charge on any atom is -0.486 e. The van der Waals surface area contributed by atoms with Crippen molar-refractivity contribution >= 4 is 5.97 Å². The molecule has 0 unspecified atom stereocenters. The Bertz CT molecular complexity index is 696. The molecule has 120 valence electrons. The monoisotopic (exact) mass is 314 g/mol. The van der Waals surface area contributed by atoms with Gasteiger partial charge in [0.25, 0.3) is 0 Å². The number of fused-ring (bicyclic) bond motifs is 1. The normalized spacial score (nSPS) is 16.0. The van der Waals surface area contributed by atoms with Gasteiger partial charge in [0.2, 0.25) is 0 Å². The van der Waals surface area contributed by atoms with Crippen molar-refractivity contribution in [3.63, 3.8) is 0 Å². The van der Waals surface area contributed by atoms with Gasteiger partial charge in [-0.1, -0.05) is 30.3 Å². The van der Waals surface area contributed by atoms with Gasteiger partial charge < -0.3 is 19.3 Å². The molecule has 23 heavy (non-hydrogen) atoms. The van der Waals surface area contributed by atoms with E-state index in [4.69, 9.17) is 14.2 Å². The highest BCUT2D eigenvalue weighted by atomic mass is 16.6. The Balaban J connectivity index is 1.76. The molecule has 1 atom stereocenters. The second-order valence-corrected chi connectivity index (χ2v) is 5.36. The average molecular weight is 314 g/mol. The van der Waals surface area contributed by atoms with Gasteiger partial charge in [-0.3, -0.25) is 0 Å². The summed E-state index contributed by atoms with van der Waals surface area (Å²) in [6, 6.07) is 12.9. The number of carbonyl (C=O) groups excluding carboxylic acids is 1. The van der Waals surface area contributed by atoms with Gasteiger partial charge in [-0.15, -0.1) is 0 Å². The van der Waals surface area contributed by atoms with Crippen molar-refractivity contribution in [2.24, 2.45) is 0 Å². The Morgan fingerprint density at radius 1 is 1.26 bits per heavy atom. The Labute approximate surface area is 134 Å². The molecule has 5 heteroatoms. The predicted octanol–water partition coefficient (Wildman–Crippen LogP) is 2.48. The van der Waals surface area contributed by atoms with Gasteiger partial charge in [-0.05, 0) is 24.6 Å². The van der Waals surface area contributed by atoms with Crippen molar-refractivity contribution in [3.05, 3.63) is 59.2 Å². The van der Waals surface area contributed by atoms with Crippen molar-refractivity contribution in [2.75, 3.05) is 13.2 Å². The number of benzene rings is 2. The smallest absolute Gasteiger partial charge is 0.338 e. The lowest BCUT2D eigenvalue weighted by Gasteiger charge is -2.27. The Hall–Kier alpha value is -2.53. The van der Waals surface area contributed by atoms with E-state index < -0.39 is 12.1 Å². The van der Waals surface area contributed by atoms with E-state index in [0.29, 0.717) is 29.2 Å². The van der Waals surface area contributed by atoms with Crippen LogP contribution in [0, 0.1) is 6.92 Å². The third-order valence-electron chi connectivity index (χ3n) is 3.72. The van der Waals surface area contributed by atoms with Crippen LogP contribution in [0.2, 0.25) is 0 Å². The summed E-state index contributed by atoms with van der Waals surface area (Å²) in [5.74, 6) is 0.653. The van der Waals surface area contributed by atoms with Crippen LogP contribution in [0.15, 0.2) is 42.5 Å². The fourth-order valence-corrected chi connectivity index (χ4v) is 2.42. The van der Waals surface area contributed by atoms with Crippen LogP contribution in [0.3, 0.4) is 0 Å². The summed E-state index contributed by atoms with van der Waals surface area (Å²) < 4.78 is 16.6. The van der Waals surface area contributed by atoms with E-state index in [1.807, 2.05) is 30.3 Å². The number of esters is 1. The van der Waals surface area contributed by atoms with Crippen LogP contribution < -0.4 is 9.47 Å². The molecule has 0 fully saturated rings. The summed E-state index contributed by atoms with van der Waals surface area (Å²) in [7, 11) is 0. The van der Waals surface area contributed by atoms with Gasteiger partial charge in [0.1, 0.15) is 13.2 Å². The van der Waals surface area contributed by atoms with Crippen molar-refractivity contribution in [1.29, 1.82) is 0 Å². The molecule has 1 N–H and O–H groups in total. The number of carbonyl (C=O) groups is 1. The van der Waals surface area contributed by atoms with Crippen LogP contribution in [0.1, 0.15) is 21.5 Å². The first-order valence-electron chi connectivity index (χ1n) is 7.44. The van der Waals surface area contributed by atoms with E-state index in [1.165, 1.54) is 0 Å². The van der Waals surface area contributed by atoms with Gasteiger partial charge in [0, 0.05) is 5.56 Å². The van der Waals surface area contributed by atoms with E-state index in [-0.39, 0.29) is 13.2 Å². The molecule has 0 saturated carbocycles. The quantitative estimate of drug-likeness (QED) is 0.878. The number of aliphatic hydroxyl groups excluding tert-OH is 1. The van der Waals surface area contributed by atoms with Crippen LogP contribution >= 0.6 is 0 Å². The molecule has 5 nitrogen and oxygen atoms in total. The zero-order chi connectivity index (χ0) is 16.2. The predicted molar refractivity (Wildman–Crippen MR) is 83.7 cm³/mol. The van der Waals surface area contributed by atoms with E-state index >= 15 is 0 Å². The third kappa shape index (κ3) is 3.29. The van der Waals surface area contributed by atoms with Crippen LogP contribution in [-0.4, -0.2) is 30.4 Å². The molecular formula is C18H18O5. The summed E-state index contributed by atoms with van der Waals surface area (Å²) in [6.07, 6.45) is -0.420. The second kappa shape index (κ2) is 6.71. The highest BCUT2D eigenvalue weighted by Crippen LogP contribution is 2.37. The van der Waals surface area contributed by atoms with Crippen LogP contribution in [0.4, 0.5) is 0 Å². The van der Waals surface area contributed by atoms with Crippen molar-refractivity contribution in [1.82, 2.24) is 0 Å². The second-order valence-electron chi connectivity index (χ2n) is 5.36. The highest BCUT2D eigenvalue weighted by Gasteiger charge is 2.25. The number of hydrogen-bond acceptors (Lipinski definition) is 5. The molecule has 1 aliphatic rings. The number of hydrogen-bond donors (Lipinski definition) is 1.